The van der Waals surface area contributed by atoms with E-state index in [4.69, 9.17) is 25.4 Å². The minimum absolute atomic E-state index is 0.103. The fourth-order valence-electron chi connectivity index (χ4n) is 4.23. The van der Waals surface area contributed by atoms with E-state index in [1.807, 2.05) is 12.2 Å². The number of hydrogen-bond donors (Lipinski definition) is 3. The zero-order chi connectivity index (χ0) is 26.4. The van der Waals surface area contributed by atoms with Crippen LogP contribution in [0.3, 0.4) is 0 Å². The van der Waals surface area contributed by atoms with Crippen LogP contribution in [-0.2, 0) is 11.3 Å². The second-order valence-corrected chi connectivity index (χ2v) is 8.72. The van der Waals surface area contributed by atoms with Crippen molar-refractivity contribution in [2.45, 2.75) is 26.8 Å². The molecule has 0 bridgehead atoms. The van der Waals surface area contributed by atoms with E-state index in [9.17, 15) is 9.59 Å². The molecule has 0 aliphatic carbocycles. The number of allylic oxidation sites excluding steroid dienone is 1. The van der Waals surface area contributed by atoms with Gasteiger partial charge in [0.25, 0.3) is 5.91 Å². The van der Waals surface area contributed by atoms with Gasteiger partial charge in [0, 0.05) is 45.2 Å². The van der Waals surface area contributed by atoms with Crippen LogP contribution in [-0.4, -0.2) is 77.2 Å². The Kier molecular flexibility index (Phi) is 8.54. The van der Waals surface area contributed by atoms with E-state index < -0.39 is 11.8 Å². The van der Waals surface area contributed by atoms with Crippen molar-refractivity contribution >= 4 is 28.8 Å². The summed E-state index contributed by atoms with van der Waals surface area (Å²) in [4.78, 5) is 36.1. The van der Waals surface area contributed by atoms with Crippen molar-refractivity contribution < 1.29 is 23.5 Å². The minimum Gasteiger partial charge on any atom is -0.491 e. The van der Waals surface area contributed by atoms with Crippen LogP contribution in [0.1, 0.15) is 38.9 Å². The Labute approximate surface area is 214 Å². The van der Waals surface area contributed by atoms with Gasteiger partial charge in [0.05, 0.1) is 31.0 Å². The lowest BCUT2D eigenvalue weighted by Crippen LogP contribution is -2.37. The molecule has 1 aliphatic rings. The fourth-order valence-corrected chi connectivity index (χ4v) is 4.23. The molecule has 0 spiro atoms. The first kappa shape index (κ1) is 26.3. The molecule has 1 fully saturated rings. The molecule has 2 aromatic heterocycles. The van der Waals surface area contributed by atoms with E-state index in [1.165, 1.54) is 0 Å². The average molecular weight is 512 g/mol. The number of aromatic nitrogens is 3. The molecular formula is C25H33N7O5. The summed E-state index contributed by atoms with van der Waals surface area (Å²) in [6.45, 7) is 8.65. The van der Waals surface area contributed by atoms with Gasteiger partial charge in [-0.2, -0.15) is 0 Å². The average Bonchev–Trinajstić information content (AvgIpc) is 3.40. The Morgan fingerprint density at radius 1 is 1.19 bits per heavy atom. The molecule has 12 heteroatoms. The van der Waals surface area contributed by atoms with Gasteiger partial charge in [0.15, 0.2) is 5.89 Å². The number of nitrogens with one attached hydrogen (secondary N) is 1. The molecule has 4 rings (SSSR count). The van der Waals surface area contributed by atoms with Gasteiger partial charge >= 0.3 is 0 Å². The molecule has 5 N–H and O–H groups in total. The number of aryl methyl sites for hydroxylation is 2. The van der Waals surface area contributed by atoms with Gasteiger partial charge in [0.2, 0.25) is 17.6 Å². The quantitative estimate of drug-likeness (QED) is 0.256. The molecule has 37 heavy (non-hydrogen) atoms. The van der Waals surface area contributed by atoms with Crippen LogP contribution in [0.15, 0.2) is 28.7 Å². The van der Waals surface area contributed by atoms with Crippen molar-refractivity contribution in [1.82, 2.24) is 19.4 Å². The van der Waals surface area contributed by atoms with E-state index in [2.05, 4.69) is 20.2 Å². The smallest absolute Gasteiger partial charge is 0.295 e. The molecular weight excluding hydrogens is 478 g/mol. The largest absolute Gasteiger partial charge is 0.491 e. The second kappa shape index (κ2) is 12.0. The molecule has 12 nitrogen and oxygen atoms in total. The fraction of sp³-hybridized carbons (Fsp3) is 0.440. The third-order valence-corrected chi connectivity index (χ3v) is 6.00. The Balaban J connectivity index is 1.65. The van der Waals surface area contributed by atoms with Gasteiger partial charge in [-0.05, 0) is 25.5 Å². The number of carbonyl (C=O) groups is 2. The van der Waals surface area contributed by atoms with Gasteiger partial charge in [-0.1, -0.05) is 12.2 Å². The Bertz CT molecular complexity index is 1290. The maximum Gasteiger partial charge on any atom is 0.295 e. The number of nitrogens with two attached hydrogens (primary N) is 2. The van der Waals surface area contributed by atoms with Crippen LogP contribution in [0.25, 0.3) is 11.0 Å². The summed E-state index contributed by atoms with van der Waals surface area (Å²) >= 11 is 0. The highest BCUT2D eigenvalue weighted by Gasteiger charge is 2.22. The third-order valence-electron chi connectivity index (χ3n) is 6.00. The number of imidazole rings is 1. The summed E-state index contributed by atoms with van der Waals surface area (Å²) in [6, 6.07) is 3.20. The predicted octanol–water partition coefficient (Wildman–Crippen LogP) is 1.61. The maximum absolute atomic E-state index is 13.0. The van der Waals surface area contributed by atoms with Gasteiger partial charge in [-0.3, -0.25) is 19.8 Å². The number of primary amides is 1. The number of ether oxygens (including phenoxy) is 2. The molecule has 0 atom stereocenters. The lowest BCUT2D eigenvalue weighted by molar-refractivity contribution is 0.0358. The van der Waals surface area contributed by atoms with Crippen molar-refractivity contribution in [2.24, 2.45) is 11.5 Å². The first-order valence-electron chi connectivity index (χ1n) is 12.2. The van der Waals surface area contributed by atoms with Gasteiger partial charge in [0.1, 0.15) is 11.3 Å². The van der Waals surface area contributed by atoms with E-state index in [-0.39, 0.29) is 17.3 Å². The molecule has 1 aromatic carbocycles. The third kappa shape index (κ3) is 6.34. The van der Waals surface area contributed by atoms with E-state index in [1.54, 1.807) is 30.5 Å². The van der Waals surface area contributed by atoms with Crippen LogP contribution in [0.4, 0.5) is 5.95 Å². The highest BCUT2D eigenvalue weighted by atomic mass is 16.5. The van der Waals surface area contributed by atoms with Gasteiger partial charge in [-0.15, -0.1) is 0 Å². The molecule has 198 valence electrons. The standard InChI is InChI=1S/C25H33N7O5/c1-16-22(37-17(2)28-16)24(34)30-25-29-19-14-18(23(27)33)15-20(21(19)32(25)8-4-3-6-26)36-11-5-7-31-9-12-35-13-10-31/h3-4,14-15H,5-13,26H2,1-2H3,(H2,27,33)(H,29,30,34)/b4-3+. The number of amides is 2. The monoisotopic (exact) mass is 511 g/mol. The topological polar surface area (TPSA) is 164 Å². The summed E-state index contributed by atoms with van der Waals surface area (Å²) in [5.74, 6) is 0.118. The first-order chi connectivity index (χ1) is 17.9. The maximum atomic E-state index is 13.0. The number of benzene rings is 1. The number of hydrogen-bond acceptors (Lipinski definition) is 9. The number of nitrogens with zero attached hydrogens (tertiary/aromatic N) is 4. The lowest BCUT2D eigenvalue weighted by Gasteiger charge is -2.26. The molecule has 0 unspecified atom stereocenters. The normalized spacial score (nSPS) is 14.5. The summed E-state index contributed by atoms with van der Waals surface area (Å²) < 4.78 is 18.8. The summed E-state index contributed by atoms with van der Waals surface area (Å²) in [5, 5.41) is 2.81. The van der Waals surface area contributed by atoms with E-state index in [0.717, 1.165) is 39.3 Å². The number of carbonyl (C=O) groups excluding carboxylic acids is 2. The molecule has 1 saturated heterocycles. The number of rotatable bonds is 11. The highest BCUT2D eigenvalue weighted by Crippen LogP contribution is 2.31. The van der Waals surface area contributed by atoms with Crippen LogP contribution >= 0.6 is 0 Å². The van der Waals surface area contributed by atoms with Crippen molar-refractivity contribution in [1.29, 1.82) is 0 Å². The van der Waals surface area contributed by atoms with Crippen molar-refractivity contribution in [3.8, 4) is 5.75 Å². The van der Waals surface area contributed by atoms with Crippen LogP contribution in [0, 0.1) is 13.8 Å². The SMILES string of the molecule is Cc1nc(C)c(C(=O)Nc2nc3cc(C(N)=O)cc(OCCCN4CCOCC4)c3n2C/C=C/CN)o1. The number of fused-ring (bicyclic) bond motifs is 1. The predicted molar refractivity (Wildman–Crippen MR) is 138 cm³/mol. The van der Waals surface area contributed by atoms with Gasteiger partial charge in [-0.25, -0.2) is 9.97 Å². The Morgan fingerprint density at radius 3 is 2.65 bits per heavy atom. The van der Waals surface area contributed by atoms with E-state index >= 15 is 0 Å². The molecule has 2 amide bonds. The molecule has 0 saturated carbocycles. The summed E-state index contributed by atoms with van der Waals surface area (Å²) in [5.41, 5.74) is 13.0. The van der Waals surface area contributed by atoms with Crippen LogP contribution in [0.5, 0.6) is 5.75 Å². The summed E-state index contributed by atoms with van der Waals surface area (Å²) in [7, 11) is 0. The van der Waals surface area contributed by atoms with Crippen molar-refractivity contribution in [2.75, 3.05) is 51.3 Å². The van der Waals surface area contributed by atoms with Crippen molar-refractivity contribution in [3.05, 3.63) is 47.2 Å². The molecule has 3 heterocycles. The zero-order valence-electron chi connectivity index (χ0n) is 21.2. The Morgan fingerprint density at radius 2 is 1.97 bits per heavy atom. The Hall–Kier alpha value is -3.74. The van der Waals surface area contributed by atoms with Crippen LogP contribution < -0.4 is 21.5 Å². The van der Waals surface area contributed by atoms with E-state index in [0.29, 0.717) is 48.1 Å². The zero-order valence-corrected chi connectivity index (χ0v) is 21.2. The second-order valence-electron chi connectivity index (χ2n) is 8.72. The number of oxazole rings is 1. The van der Waals surface area contributed by atoms with Crippen molar-refractivity contribution in [3.63, 3.8) is 0 Å². The molecule has 0 radical (unpaired) electrons. The lowest BCUT2D eigenvalue weighted by atomic mass is 10.1. The number of anilines is 1. The minimum atomic E-state index is -0.601. The first-order valence-corrected chi connectivity index (χ1v) is 12.2. The molecule has 3 aromatic rings. The summed E-state index contributed by atoms with van der Waals surface area (Å²) in [6.07, 6.45) is 4.46. The highest BCUT2D eigenvalue weighted by molar-refractivity contribution is 6.04. The molecule has 1 aliphatic heterocycles. The van der Waals surface area contributed by atoms with Gasteiger partial charge < -0.3 is 29.9 Å². The van der Waals surface area contributed by atoms with Crippen LogP contribution in [0.2, 0.25) is 0 Å². The number of morpholine rings is 1.